The number of rotatable bonds is 4. The van der Waals surface area contributed by atoms with Crippen LogP contribution in [0.3, 0.4) is 0 Å². The van der Waals surface area contributed by atoms with Crippen molar-refractivity contribution in [2.24, 2.45) is 0 Å². The van der Waals surface area contributed by atoms with Crippen LogP contribution >= 0.6 is 0 Å². The van der Waals surface area contributed by atoms with Gasteiger partial charge in [-0.05, 0) is 25.1 Å². The van der Waals surface area contributed by atoms with Gasteiger partial charge in [0.15, 0.2) is 40.7 Å². The molecular weight excluding hydrogens is 377 g/mol. The molecule has 0 aliphatic rings. The highest BCUT2D eigenvalue weighted by Crippen LogP contribution is 2.34. The predicted octanol–water partition coefficient (Wildman–Crippen LogP) is 5.38. The first-order valence-corrected chi connectivity index (χ1v) is 7.10. The van der Waals surface area contributed by atoms with Crippen molar-refractivity contribution < 1.29 is 39.5 Å². The lowest BCUT2D eigenvalue weighted by atomic mass is 10.0. The number of hydrogen-bond acceptors (Lipinski definition) is 1. The fourth-order valence-electron chi connectivity index (χ4n) is 1.80. The van der Waals surface area contributed by atoms with Gasteiger partial charge in [-0.25, -0.2) is 39.5 Å². The lowest BCUT2D eigenvalue weighted by Gasteiger charge is -2.09. The summed E-state index contributed by atoms with van der Waals surface area (Å²) in [5.41, 5.74) is -2.95. The Morgan fingerprint density at radius 3 is 1.62 bits per heavy atom. The SMILES string of the molecule is CCCNCF.Fc1ccc(-c2c(F)c(F)c(F)c(F)c2F)c(F)c1F. The largest absolute Gasteiger partial charge is 0.290 e. The maximum Gasteiger partial charge on any atom is 0.200 e. The van der Waals surface area contributed by atoms with E-state index in [-0.39, 0.29) is 0 Å². The Labute approximate surface area is 142 Å². The lowest BCUT2D eigenvalue weighted by Crippen LogP contribution is -2.11. The third-order valence-electron chi connectivity index (χ3n) is 3.04. The average Bonchev–Trinajstić information content (AvgIpc) is 2.63. The van der Waals surface area contributed by atoms with Crippen molar-refractivity contribution in [1.29, 1.82) is 0 Å². The molecular formula is C16H12F9N. The van der Waals surface area contributed by atoms with Crippen molar-refractivity contribution in [3.8, 4) is 11.1 Å². The van der Waals surface area contributed by atoms with Crippen LogP contribution in [0.5, 0.6) is 0 Å². The maximum atomic E-state index is 13.4. The fraction of sp³-hybridized carbons (Fsp3) is 0.250. The average molecular weight is 389 g/mol. The first kappa shape index (κ1) is 21.8. The van der Waals surface area contributed by atoms with E-state index in [4.69, 9.17) is 0 Å². The molecule has 0 atom stereocenters. The molecule has 0 saturated heterocycles. The molecule has 1 nitrogen and oxygen atoms in total. The van der Waals surface area contributed by atoms with Crippen LogP contribution in [-0.4, -0.2) is 13.3 Å². The highest BCUT2D eigenvalue weighted by Gasteiger charge is 2.29. The minimum atomic E-state index is -2.44. The molecule has 26 heavy (non-hydrogen) atoms. The molecule has 0 aliphatic carbocycles. The minimum Gasteiger partial charge on any atom is -0.290 e. The second-order valence-corrected chi connectivity index (χ2v) is 4.80. The maximum absolute atomic E-state index is 13.4. The van der Waals surface area contributed by atoms with Crippen molar-refractivity contribution in [2.45, 2.75) is 13.3 Å². The van der Waals surface area contributed by atoms with E-state index < -0.39 is 64.5 Å². The highest BCUT2D eigenvalue weighted by molar-refractivity contribution is 5.66. The molecule has 0 radical (unpaired) electrons. The predicted molar refractivity (Wildman–Crippen MR) is 75.8 cm³/mol. The third-order valence-corrected chi connectivity index (χ3v) is 3.04. The van der Waals surface area contributed by atoms with Crippen molar-refractivity contribution in [2.75, 3.05) is 13.3 Å². The Hall–Kier alpha value is -2.23. The summed E-state index contributed by atoms with van der Waals surface area (Å²) < 4.78 is 116. The summed E-state index contributed by atoms with van der Waals surface area (Å²) in [5.74, 6) is -17.6. The van der Waals surface area contributed by atoms with Gasteiger partial charge >= 0.3 is 0 Å². The Kier molecular flexibility index (Phi) is 7.94. The summed E-state index contributed by atoms with van der Waals surface area (Å²) in [4.78, 5) is 0. The van der Waals surface area contributed by atoms with E-state index in [1.807, 2.05) is 6.92 Å². The van der Waals surface area contributed by atoms with Crippen molar-refractivity contribution >= 4 is 0 Å². The molecule has 0 amide bonds. The Bertz CT molecular complexity index is 744. The van der Waals surface area contributed by atoms with E-state index in [2.05, 4.69) is 5.32 Å². The van der Waals surface area contributed by atoms with Gasteiger partial charge < -0.3 is 0 Å². The molecule has 0 aliphatic heterocycles. The Balaban J connectivity index is 0.000000487. The minimum absolute atomic E-state index is 0.297. The molecule has 144 valence electrons. The molecule has 2 aromatic rings. The van der Waals surface area contributed by atoms with E-state index in [0.717, 1.165) is 13.0 Å². The molecule has 0 spiro atoms. The van der Waals surface area contributed by atoms with Crippen LogP contribution in [0, 0.1) is 46.5 Å². The van der Waals surface area contributed by atoms with Gasteiger partial charge in [0.1, 0.15) is 6.80 Å². The van der Waals surface area contributed by atoms with E-state index in [9.17, 15) is 39.5 Å². The van der Waals surface area contributed by atoms with Gasteiger partial charge in [-0.2, -0.15) is 0 Å². The topological polar surface area (TPSA) is 12.0 Å². The van der Waals surface area contributed by atoms with E-state index in [0.29, 0.717) is 12.1 Å². The molecule has 0 saturated carbocycles. The Morgan fingerprint density at radius 2 is 1.19 bits per heavy atom. The number of hydrogen-bond donors (Lipinski definition) is 1. The third kappa shape index (κ3) is 4.48. The Morgan fingerprint density at radius 1 is 0.692 bits per heavy atom. The van der Waals surface area contributed by atoms with Crippen LogP contribution in [0.4, 0.5) is 39.5 Å². The first-order chi connectivity index (χ1) is 12.2. The lowest BCUT2D eigenvalue weighted by molar-refractivity contribution is 0.380. The standard InChI is InChI=1S/C12H2F8.C4H10FN/c13-4-2-1-3(6(14)7(4)15)5-8(16)10(18)12(20)11(19)9(5)17;1-2-3-6-4-5/h1-2H;6H,2-4H2,1H3. The quantitative estimate of drug-likeness (QED) is 0.243. The van der Waals surface area contributed by atoms with E-state index >= 15 is 0 Å². The molecule has 2 rings (SSSR count). The summed E-state index contributed by atoms with van der Waals surface area (Å²) in [6.07, 6.45) is 1.00. The zero-order chi connectivity index (χ0) is 20.0. The molecule has 0 heterocycles. The van der Waals surface area contributed by atoms with Crippen LogP contribution in [0.1, 0.15) is 13.3 Å². The van der Waals surface area contributed by atoms with Gasteiger partial charge in [-0.3, -0.25) is 5.32 Å². The summed E-state index contributed by atoms with van der Waals surface area (Å²) in [6, 6.07) is 0.665. The molecule has 0 fully saturated rings. The van der Waals surface area contributed by atoms with Crippen LogP contribution in [0.25, 0.3) is 11.1 Å². The molecule has 0 bridgehead atoms. The highest BCUT2D eigenvalue weighted by atomic mass is 19.2. The number of benzene rings is 2. The molecule has 0 unspecified atom stereocenters. The van der Waals surface area contributed by atoms with Crippen LogP contribution in [0.2, 0.25) is 0 Å². The van der Waals surface area contributed by atoms with Gasteiger partial charge in [-0.15, -0.1) is 0 Å². The van der Waals surface area contributed by atoms with Gasteiger partial charge in [0.2, 0.25) is 5.82 Å². The van der Waals surface area contributed by atoms with Gasteiger partial charge in [0.05, 0.1) is 5.56 Å². The van der Waals surface area contributed by atoms with Crippen molar-refractivity contribution in [1.82, 2.24) is 5.32 Å². The zero-order valence-corrected chi connectivity index (χ0v) is 13.2. The number of halogens is 9. The second-order valence-electron chi connectivity index (χ2n) is 4.80. The van der Waals surface area contributed by atoms with Crippen molar-refractivity contribution in [3.05, 3.63) is 58.7 Å². The summed E-state index contributed by atoms with van der Waals surface area (Å²) in [7, 11) is 0. The summed E-state index contributed by atoms with van der Waals surface area (Å²) >= 11 is 0. The number of nitrogens with one attached hydrogen (secondary N) is 1. The summed E-state index contributed by atoms with van der Waals surface area (Å²) in [6.45, 7) is 2.40. The van der Waals surface area contributed by atoms with Gasteiger partial charge in [0.25, 0.3) is 0 Å². The number of alkyl halides is 1. The molecule has 1 N–H and O–H groups in total. The van der Waals surface area contributed by atoms with E-state index in [1.165, 1.54) is 0 Å². The van der Waals surface area contributed by atoms with Gasteiger partial charge in [0, 0.05) is 5.56 Å². The van der Waals surface area contributed by atoms with E-state index in [1.54, 1.807) is 0 Å². The fourth-order valence-corrected chi connectivity index (χ4v) is 1.80. The van der Waals surface area contributed by atoms with Crippen molar-refractivity contribution in [3.63, 3.8) is 0 Å². The van der Waals surface area contributed by atoms with Crippen LogP contribution in [-0.2, 0) is 0 Å². The van der Waals surface area contributed by atoms with Crippen LogP contribution < -0.4 is 5.32 Å². The monoisotopic (exact) mass is 389 g/mol. The molecule has 2 aromatic carbocycles. The van der Waals surface area contributed by atoms with Gasteiger partial charge in [-0.1, -0.05) is 6.92 Å². The summed E-state index contributed by atoms with van der Waals surface area (Å²) in [5, 5.41) is 2.53. The second kappa shape index (κ2) is 9.46. The van der Waals surface area contributed by atoms with Crippen LogP contribution in [0.15, 0.2) is 12.1 Å². The first-order valence-electron chi connectivity index (χ1n) is 7.10. The molecule has 0 aromatic heterocycles. The normalized spacial score (nSPS) is 10.5. The smallest absolute Gasteiger partial charge is 0.200 e. The molecule has 10 heteroatoms. The zero-order valence-electron chi connectivity index (χ0n) is 13.2.